The van der Waals surface area contributed by atoms with Crippen LogP contribution in [-0.4, -0.2) is 23.8 Å². The van der Waals surface area contributed by atoms with Gasteiger partial charge in [-0.15, -0.1) is 0 Å². The molecule has 0 aliphatic rings. The van der Waals surface area contributed by atoms with Gasteiger partial charge in [0.05, 0.1) is 12.0 Å². The number of hydrogen-bond acceptors (Lipinski definition) is 6. The van der Waals surface area contributed by atoms with Crippen molar-refractivity contribution in [3.05, 3.63) is 46.6 Å². The smallest absolute Gasteiger partial charge is 0.347 e. The third-order valence-electron chi connectivity index (χ3n) is 3.56. The molecule has 2 aromatic carbocycles. The van der Waals surface area contributed by atoms with Crippen molar-refractivity contribution < 1.29 is 23.8 Å². The number of phenolic OH excluding ortho intramolecular Hbond substituents is 1. The first kappa shape index (κ1) is 15.9. The van der Waals surface area contributed by atoms with Gasteiger partial charge in [0.2, 0.25) is 5.43 Å². The second-order valence-electron chi connectivity index (χ2n) is 5.26. The highest BCUT2D eigenvalue weighted by Gasteiger charge is 2.18. The highest BCUT2D eigenvalue weighted by Crippen LogP contribution is 2.31. The topological polar surface area (TPSA) is 86.0 Å². The van der Waals surface area contributed by atoms with Crippen LogP contribution < -0.4 is 10.2 Å². The Labute approximate surface area is 137 Å². The number of carbonyl (C=O) groups is 1. The Balaban J connectivity index is 2.08. The zero-order chi connectivity index (χ0) is 17.3. The fourth-order valence-corrected chi connectivity index (χ4v) is 2.46. The average Bonchev–Trinajstić information content (AvgIpc) is 2.54. The summed E-state index contributed by atoms with van der Waals surface area (Å²) in [6.07, 6.45) is -0.853. The SMILES string of the molecule is CCOC(=O)[C@@H](C)Oc1cc(O)c2c(=O)c3ccccc3oc2c1. The molecule has 0 fully saturated rings. The van der Waals surface area contributed by atoms with Crippen LogP contribution in [0.3, 0.4) is 0 Å². The molecule has 0 radical (unpaired) electrons. The predicted molar refractivity (Wildman–Crippen MR) is 88.4 cm³/mol. The first-order chi connectivity index (χ1) is 11.5. The van der Waals surface area contributed by atoms with Crippen molar-refractivity contribution in [1.29, 1.82) is 0 Å². The monoisotopic (exact) mass is 328 g/mol. The Kier molecular flexibility index (Phi) is 4.12. The molecule has 1 aromatic heterocycles. The molecule has 6 heteroatoms. The molecule has 0 saturated carbocycles. The normalized spacial score (nSPS) is 12.2. The quantitative estimate of drug-likeness (QED) is 0.585. The van der Waals surface area contributed by atoms with Crippen LogP contribution in [0.15, 0.2) is 45.6 Å². The van der Waals surface area contributed by atoms with E-state index in [9.17, 15) is 14.7 Å². The first-order valence-electron chi connectivity index (χ1n) is 7.53. The minimum Gasteiger partial charge on any atom is -0.507 e. The van der Waals surface area contributed by atoms with Crippen molar-refractivity contribution in [2.45, 2.75) is 20.0 Å². The van der Waals surface area contributed by atoms with E-state index in [4.69, 9.17) is 13.9 Å². The maximum Gasteiger partial charge on any atom is 0.347 e. The number of esters is 1. The molecule has 3 rings (SSSR count). The summed E-state index contributed by atoms with van der Waals surface area (Å²) < 4.78 is 16.0. The fraction of sp³-hybridized carbons (Fsp3) is 0.222. The molecular weight excluding hydrogens is 312 g/mol. The molecule has 0 aliphatic heterocycles. The maximum atomic E-state index is 12.5. The Bertz CT molecular complexity index is 972. The molecule has 6 nitrogen and oxygen atoms in total. The van der Waals surface area contributed by atoms with Gasteiger partial charge in [-0.2, -0.15) is 0 Å². The van der Waals surface area contributed by atoms with Gasteiger partial charge in [0, 0.05) is 12.1 Å². The van der Waals surface area contributed by atoms with Gasteiger partial charge >= 0.3 is 5.97 Å². The van der Waals surface area contributed by atoms with Crippen molar-refractivity contribution in [1.82, 2.24) is 0 Å². The van der Waals surface area contributed by atoms with Crippen LogP contribution in [0.1, 0.15) is 13.8 Å². The van der Waals surface area contributed by atoms with E-state index in [1.165, 1.54) is 19.1 Å². The summed E-state index contributed by atoms with van der Waals surface area (Å²) >= 11 is 0. The van der Waals surface area contributed by atoms with Gasteiger partial charge in [0.25, 0.3) is 0 Å². The van der Waals surface area contributed by atoms with Crippen molar-refractivity contribution in [3.63, 3.8) is 0 Å². The number of aromatic hydroxyl groups is 1. The Morgan fingerprint density at radius 3 is 2.75 bits per heavy atom. The van der Waals surface area contributed by atoms with Crippen molar-refractivity contribution in [3.8, 4) is 11.5 Å². The van der Waals surface area contributed by atoms with E-state index in [1.807, 2.05) is 0 Å². The second-order valence-corrected chi connectivity index (χ2v) is 5.26. The maximum absolute atomic E-state index is 12.5. The molecular formula is C18H16O6. The Hall–Kier alpha value is -3.02. The van der Waals surface area contributed by atoms with Gasteiger partial charge in [-0.25, -0.2) is 4.79 Å². The predicted octanol–water partition coefficient (Wildman–Crippen LogP) is 2.98. The Morgan fingerprint density at radius 1 is 1.25 bits per heavy atom. The second kappa shape index (κ2) is 6.23. The van der Waals surface area contributed by atoms with E-state index in [0.717, 1.165) is 0 Å². The third kappa shape index (κ3) is 2.78. The molecule has 0 aliphatic carbocycles. The van der Waals surface area contributed by atoms with Gasteiger partial charge in [-0.05, 0) is 26.0 Å². The van der Waals surface area contributed by atoms with E-state index in [1.54, 1.807) is 31.2 Å². The third-order valence-corrected chi connectivity index (χ3v) is 3.56. The van der Waals surface area contributed by atoms with E-state index in [-0.39, 0.29) is 34.5 Å². The largest absolute Gasteiger partial charge is 0.507 e. The van der Waals surface area contributed by atoms with Crippen LogP contribution in [-0.2, 0) is 9.53 Å². The van der Waals surface area contributed by atoms with Crippen LogP contribution >= 0.6 is 0 Å². The molecule has 3 aromatic rings. The number of ether oxygens (including phenoxy) is 2. The zero-order valence-electron chi connectivity index (χ0n) is 13.2. The molecule has 124 valence electrons. The Morgan fingerprint density at radius 2 is 2.00 bits per heavy atom. The van der Waals surface area contributed by atoms with E-state index in [2.05, 4.69) is 0 Å². The molecule has 0 unspecified atom stereocenters. The molecule has 0 spiro atoms. The van der Waals surface area contributed by atoms with Crippen molar-refractivity contribution >= 4 is 27.9 Å². The lowest BCUT2D eigenvalue weighted by Gasteiger charge is -2.14. The molecule has 0 bridgehead atoms. The number of para-hydroxylation sites is 1. The first-order valence-corrected chi connectivity index (χ1v) is 7.53. The summed E-state index contributed by atoms with van der Waals surface area (Å²) in [6, 6.07) is 9.53. The van der Waals surface area contributed by atoms with Crippen molar-refractivity contribution in [2.75, 3.05) is 6.61 Å². The van der Waals surface area contributed by atoms with Crippen LogP contribution in [0.4, 0.5) is 0 Å². The summed E-state index contributed by atoms with van der Waals surface area (Å²) in [6.45, 7) is 3.48. The van der Waals surface area contributed by atoms with Gasteiger partial charge in [0.15, 0.2) is 6.10 Å². The summed E-state index contributed by atoms with van der Waals surface area (Å²) in [5.41, 5.74) is 0.268. The van der Waals surface area contributed by atoms with E-state index < -0.39 is 12.1 Å². The lowest BCUT2D eigenvalue weighted by molar-refractivity contribution is -0.150. The van der Waals surface area contributed by atoms with Crippen LogP contribution in [0, 0.1) is 0 Å². The lowest BCUT2D eigenvalue weighted by atomic mass is 10.1. The summed E-state index contributed by atoms with van der Waals surface area (Å²) in [5, 5.41) is 10.6. The minimum atomic E-state index is -0.853. The molecule has 1 N–H and O–H groups in total. The van der Waals surface area contributed by atoms with Gasteiger partial charge < -0.3 is 19.0 Å². The zero-order valence-corrected chi connectivity index (χ0v) is 13.2. The fourth-order valence-electron chi connectivity index (χ4n) is 2.46. The highest BCUT2D eigenvalue weighted by molar-refractivity contribution is 5.93. The van der Waals surface area contributed by atoms with E-state index >= 15 is 0 Å². The number of carbonyl (C=O) groups excluding carboxylic acids is 1. The molecule has 1 heterocycles. The standard InChI is InChI=1S/C18H16O6/c1-3-22-18(21)10(2)23-11-8-13(19)16-15(9-11)24-14-7-5-4-6-12(14)17(16)20/h4-10,19H,3H2,1-2H3/t10-/m1/s1. The summed E-state index contributed by atoms with van der Waals surface area (Å²) in [4.78, 5) is 24.1. The number of fused-ring (bicyclic) bond motifs is 2. The van der Waals surface area contributed by atoms with Crippen LogP contribution in [0.25, 0.3) is 21.9 Å². The summed E-state index contributed by atoms with van der Waals surface area (Å²) in [5.74, 6) is -0.575. The average molecular weight is 328 g/mol. The molecule has 0 amide bonds. The van der Waals surface area contributed by atoms with Gasteiger partial charge in [-0.3, -0.25) is 4.79 Å². The van der Waals surface area contributed by atoms with Crippen LogP contribution in [0.5, 0.6) is 11.5 Å². The van der Waals surface area contributed by atoms with Gasteiger partial charge in [0.1, 0.15) is 28.1 Å². The molecule has 1 atom stereocenters. The number of rotatable bonds is 4. The van der Waals surface area contributed by atoms with Gasteiger partial charge in [-0.1, -0.05) is 12.1 Å². The number of hydrogen-bond donors (Lipinski definition) is 1. The van der Waals surface area contributed by atoms with Crippen LogP contribution in [0.2, 0.25) is 0 Å². The number of phenols is 1. The molecule has 24 heavy (non-hydrogen) atoms. The summed E-state index contributed by atoms with van der Waals surface area (Å²) in [7, 11) is 0. The highest BCUT2D eigenvalue weighted by atomic mass is 16.6. The molecule has 0 saturated heterocycles. The number of benzene rings is 2. The lowest BCUT2D eigenvalue weighted by Crippen LogP contribution is -2.26. The van der Waals surface area contributed by atoms with Crippen molar-refractivity contribution in [2.24, 2.45) is 0 Å². The van der Waals surface area contributed by atoms with E-state index in [0.29, 0.717) is 11.0 Å². The minimum absolute atomic E-state index is 0.0739.